The first kappa shape index (κ1) is 15.1. The highest BCUT2D eigenvalue weighted by Crippen LogP contribution is 2.15. The van der Waals surface area contributed by atoms with Crippen molar-refractivity contribution in [1.29, 1.82) is 0 Å². The quantitative estimate of drug-likeness (QED) is 0.627. The third-order valence-corrected chi connectivity index (χ3v) is 4.08. The zero-order valence-electron chi connectivity index (χ0n) is 11.8. The second-order valence-corrected chi connectivity index (χ2v) is 6.01. The highest BCUT2D eigenvalue weighted by Gasteiger charge is 2.13. The summed E-state index contributed by atoms with van der Waals surface area (Å²) in [5, 5.41) is 0. The highest BCUT2D eigenvalue weighted by molar-refractivity contribution is 7.86. The zero-order valence-corrected chi connectivity index (χ0v) is 12.6. The minimum atomic E-state index is -3.77. The Hall–Kier alpha value is -2.27. The third-order valence-electron chi connectivity index (χ3n) is 2.87. The Kier molecular flexibility index (Phi) is 4.65. The summed E-state index contributed by atoms with van der Waals surface area (Å²) in [6, 6.07) is 13.7. The number of methoxy groups -OCH3 is 1. The number of benzene rings is 2. The Bertz CT molecular complexity index is 714. The SMILES string of the molecule is COc1ccc(/C=C\OS(=O)(=O)c2ccc(C)cc2)cc1. The molecule has 0 aliphatic heterocycles. The molecule has 0 saturated carbocycles. The lowest BCUT2D eigenvalue weighted by Crippen LogP contribution is -2.01. The number of aryl methyl sites for hydroxylation is 1. The summed E-state index contributed by atoms with van der Waals surface area (Å²) >= 11 is 0. The van der Waals surface area contributed by atoms with Crippen LogP contribution in [-0.2, 0) is 14.3 Å². The van der Waals surface area contributed by atoms with Crippen LogP contribution in [0.3, 0.4) is 0 Å². The molecule has 0 saturated heterocycles. The molecular weight excluding hydrogens is 288 g/mol. The van der Waals surface area contributed by atoms with Gasteiger partial charge in [0, 0.05) is 0 Å². The summed E-state index contributed by atoms with van der Waals surface area (Å²) in [7, 11) is -2.19. The van der Waals surface area contributed by atoms with Crippen molar-refractivity contribution in [2.24, 2.45) is 0 Å². The predicted octanol–water partition coefficient (Wildman–Crippen LogP) is 3.38. The van der Waals surface area contributed by atoms with Crippen molar-refractivity contribution >= 4 is 16.2 Å². The summed E-state index contributed by atoms with van der Waals surface area (Å²) in [4.78, 5) is 0.132. The number of rotatable bonds is 5. The van der Waals surface area contributed by atoms with Gasteiger partial charge < -0.3 is 8.92 Å². The molecule has 0 N–H and O–H groups in total. The number of hydrogen-bond donors (Lipinski definition) is 0. The van der Waals surface area contributed by atoms with Gasteiger partial charge in [0.05, 0.1) is 7.11 Å². The van der Waals surface area contributed by atoms with Crippen LogP contribution >= 0.6 is 0 Å². The van der Waals surface area contributed by atoms with E-state index in [1.165, 1.54) is 12.1 Å². The van der Waals surface area contributed by atoms with E-state index >= 15 is 0 Å². The minimum absolute atomic E-state index is 0.132. The van der Waals surface area contributed by atoms with Crippen LogP contribution in [0.1, 0.15) is 11.1 Å². The van der Waals surface area contributed by atoms with Gasteiger partial charge in [-0.2, -0.15) is 8.42 Å². The predicted molar refractivity (Wildman–Crippen MR) is 81.5 cm³/mol. The standard InChI is InChI=1S/C16H16O4S/c1-13-3-9-16(10-4-13)21(17,18)20-12-11-14-5-7-15(19-2)8-6-14/h3-12H,1-2H3/b12-11-. The summed E-state index contributed by atoms with van der Waals surface area (Å²) in [5.41, 5.74) is 1.80. The van der Waals surface area contributed by atoms with Crippen LogP contribution < -0.4 is 4.74 Å². The molecule has 2 aromatic rings. The third kappa shape index (κ3) is 4.10. The Labute approximate surface area is 124 Å². The van der Waals surface area contributed by atoms with E-state index < -0.39 is 10.1 Å². The summed E-state index contributed by atoms with van der Waals surface area (Å²) in [6.07, 6.45) is 2.74. The molecule has 0 radical (unpaired) electrons. The van der Waals surface area contributed by atoms with Gasteiger partial charge in [-0.1, -0.05) is 29.8 Å². The van der Waals surface area contributed by atoms with E-state index in [0.29, 0.717) is 0 Å². The van der Waals surface area contributed by atoms with Crippen molar-refractivity contribution in [2.75, 3.05) is 7.11 Å². The molecule has 0 unspecified atom stereocenters. The van der Waals surface area contributed by atoms with Gasteiger partial charge in [0.25, 0.3) is 0 Å². The van der Waals surface area contributed by atoms with Gasteiger partial charge in [-0.25, -0.2) is 0 Å². The lowest BCUT2D eigenvalue weighted by Gasteiger charge is -2.03. The largest absolute Gasteiger partial charge is 0.497 e. The maximum absolute atomic E-state index is 11.9. The van der Waals surface area contributed by atoms with E-state index in [2.05, 4.69) is 0 Å². The second-order valence-electron chi connectivity index (χ2n) is 4.44. The fourth-order valence-corrected chi connectivity index (χ4v) is 2.44. The molecule has 0 spiro atoms. The van der Waals surface area contributed by atoms with Crippen LogP contribution in [0.25, 0.3) is 6.08 Å². The van der Waals surface area contributed by atoms with E-state index in [4.69, 9.17) is 8.92 Å². The van der Waals surface area contributed by atoms with Gasteiger partial charge in [0.1, 0.15) is 16.9 Å². The minimum Gasteiger partial charge on any atom is -0.497 e. The normalized spacial score (nSPS) is 11.5. The molecule has 0 fully saturated rings. The fraction of sp³-hybridized carbons (Fsp3) is 0.125. The molecule has 0 heterocycles. The topological polar surface area (TPSA) is 52.6 Å². The highest BCUT2D eigenvalue weighted by atomic mass is 32.2. The second kappa shape index (κ2) is 6.45. The van der Waals surface area contributed by atoms with E-state index in [1.54, 1.807) is 49.6 Å². The molecule has 0 atom stereocenters. The van der Waals surface area contributed by atoms with Crippen molar-refractivity contribution in [2.45, 2.75) is 11.8 Å². The molecule has 110 valence electrons. The molecule has 21 heavy (non-hydrogen) atoms. The van der Waals surface area contributed by atoms with Crippen molar-refractivity contribution < 1.29 is 17.3 Å². The Morgan fingerprint density at radius 3 is 2.14 bits per heavy atom. The summed E-state index contributed by atoms with van der Waals surface area (Å²) in [5.74, 6) is 0.736. The van der Waals surface area contributed by atoms with Gasteiger partial charge >= 0.3 is 10.1 Å². The molecule has 0 aliphatic carbocycles. The fourth-order valence-electron chi connectivity index (χ4n) is 1.65. The van der Waals surface area contributed by atoms with Crippen molar-refractivity contribution in [3.8, 4) is 5.75 Å². The average Bonchev–Trinajstić information content (AvgIpc) is 2.48. The van der Waals surface area contributed by atoms with Crippen LogP contribution in [0, 0.1) is 6.92 Å². The maximum atomic E-state index is 11.9. The van der Waals surface area contributed by atoms with Gasteiger partial charge in [-0.05, 0) is 42.8 Å². The first-order valence-corrected chi connectivity index (χ1v) is 7.73. The van der Waals surface area contributed by atoms with E-state index in [9.17, 15) is 8.42 Å². The van der Waals surface area contributed by atoms with E-state index in [-0.39, 0.29) is 4.90 Å². The first-order chi connectivity index (χ1) is 10.0. The Morgan fingerprint density at radius 2 is 1.57 bits per heavy atom. The molecular formula is C16H16O4S. The van der Waals surface area contributed by atoms with Crippen LogP contribution in [0.5, 0.6) is 5.75 Å². The smallest absolute Gasteiger partial charge is 0.338 e. The molecule has 5 heteroatoms. The van der Waals surface area contributed by atoms with Crippen LogP contribution in [-0.4, -0.2) is 15.5 Å². The summed E-state index contributed by atoms with van der Waals surface area (Å²) in [6.45, 7) is 1.89. The van der Waals surface area contributed by atoms with Crippen molar-refractivity contribution in [1.82, 2.24) is 0 Å². The van der Waals surface area contributed by atoms with E-state index in [1.807, 2.05) is 6.92 Å². The van der Waals surface area contributed by atoms with Gasteiger partial charge in [0.2, 0.25) is 0 Å². The van der Waals surface area contributed by atoms with Gasteiger partial charge in [-0.3, -0.25) is 0 Å². The monoisotopic (exact) mass is 304 g/mol. The first-order valence-electron chi connectivity index (χ1n) is 6.32. The molecule has 0 amide bonds. The van der Waals surface area contributed by atoms with Crippen LogP contribution in [0.2, 0.25) is 0 Å². The number of hydrogen-bond acceptors (Lipinski definition) is 4. The van der Waals surface area contributed by atoms with E-state index in [0.717, 1.165) is 23.1 Å². The molecule has 0 aromatic heterocycles. The Balaban J connectivity index is 2.06. The van der Waals surface area contributed by atoms with Crippen LogP contribution in [0.4, 0.5) is 0 Å². The molecule has 2 rings (SSSR count). The van der Waals surface area contributed by atoms with Crippen LogP contribution in [0.15, 0.2) is 59.7 Å². The lowest BCUT2D eigenvalue weighted by atomic mass is 10.2. The van der Waals surface area contributed by atoms with Gasteiger partial charge in [-0.15, -0.1) is 0 Å². The maximum Gasteiger partial charge on any atom is 0.338 e. The van der Waals surface area contributed by atoms with Crippen molar-refractivity contribution in [3.05, 3.63) is 65.9 Å². The summed E-state index contributed by atoms with van der Waals surface area (Å²) < 4.78 is 33.8. The molecule has 0 bridgehead atoms. The average molecular weight is 304 g/mol. The Morgan fingerprint density at radius 1 is 0.952 bits per heavy atom. The number of ether oxygens (including phenoxy) is 1. The van der Waals surface area contributed by atoms with Crippen molar-refractivity contribution in [3.63, 3.8) is 0 Å². The zero-order chi connectivity index (χ0) is 15.3. The molecule has 2 aromatic carbocycles. The lowest BCUT2D eigenvalue weighted by molar-refractivity contribution is 0.414. The van der Waals surface area contributed by atoms with Gasteiger partial charge in [0.15, 0.2) is 0 Å². The molecule has 4 nitrogen and oxygen atoms in total. The molecule has 0 aliphatic rings.